The predicted molar refractivity (Wildman–Crippen MR) is 123 cm³/mol. The molecule has 170 valence electrons. The normalized spacial score (nSPS) is 15.5. The van der Waals surface area contributed by atoms with Crippen LogP contribution in [-0.2, 0) is 13.1 Å². The molecule has 0 aliphatic heterocycles. The van der Waals surface area contributed by atoms with Crippen LogP contribution in [0.1, 0.15) is 66.7 Å². The minimum atomic E-state index is -0.201. The summed E-state index contributed by atoms with van der Waals surface area (Å²) < 4.78 is 13.0. The van der Waals surface area contributed by atoms with E-state index in [0.29, 0.717) is 30.6 Å². The van der Waals surface area contributed by atoms with Gasteiger partial charge in [-0.2, -0.15) is 0 Å². The molecule has 2 aromatic carbocycles. The predicted octanol–water partition coefficient (Wildman–Crippen LogP) is 3.53. The number of aromatic nitrogens is 4. The number of benzene rings is 2. The van der Waals surface area contributed by atoms with E-state index in [4.69, 9.17) is 15.2 Å². The van der Waals surface area contributed by atoms with Gasteiger partial charge in [-0.3, -0.25) is 5.32 Å². The first kappa shape index (κ1) is 22.2. The summed E-state index contributed by atoms with van der Waals surface area (Å²) in [6, 6.07) is 14.4. The molecule has 0 spiro atoms. The van der Waals surface area contributed by atoms with Crippen LogP contribution in [0.4, 0.5) is 0 Å². The number of tetrazole rings is 1. The number of nitrogens with one attached hydrogen (secondary N) is 1. The molecular weight excluding hydrogens is 404 g/mol. The van der Waals surface area contributed by atoms with Crippen LogP contribution in [0.3, 0.4) is 0 Å². The van der Waals surface area contributed by atoms with Gasteiger partial charge in [0.1, 0.15) is 0 Å². The average Bonchev–Trinajstić information content (AvgIpc) is 3.34. The van der Waals surface area contributed by atoms with Crippen LogP contribution < -0.4 is 20.5 Å². The van der Waals surface area contributed by atoms with Gasteiger partial charge in [-0.1, -0.05) is 49.6 Å². The second kappa shape index (κ2) is 10.6. The van der Waals surface area contributed by atoms with Crippen molar-refractivity contribution >= 4 is 0 Å². The summed E-state index contributed by atoms with van der Waals surface area (Å²) in [4.78, 5) is 0. The van der Waals surface area contributed by atoms with E-state index in [1.54, 1.807) is 14.2 Å². The summed E-state index contributed by atoms with van der Waals surface area (Å²) in [6.45, 7) is 1.18. The fourth-order valence-electron chi connectivity index (χ4n) is 4.45. The van der Waals surface area contributed by atoms with Crippen LogP contribution in [0.2, 0.25) is 0 Å². The monoisotopic (exact) mass is 436 g/mol. The van der Waals surface area contributed by atoms with Crippen LogP contribution in [-0.4, -0.2) is 34.4 Å². The smallest absolute Gasteiger partial charge is 0.173 e. The minimum Gasteiger partial charge on any atom is -0.493 e. The lowest BCUT2D eigenvalue weighted by Gasteiger charge is -2.26. The van der Waals surface area contributed by atoms with Crippen molar-refractivity contribution in [2.75, 3.05) is 14.2 Å². The van der Waals surface area contributed by atoms with Crippen LogP contribution >= 0.6 is 0 Å². The van der Waals surface area contributed by atoms with Gasteiger partial charge in [0.05, 0.1) is 26.3 Å². The molecule has 32 heavy (non-hydrogen) atoms. The van der Waals surface area contributed by atoms with E-state index in [1.165, 1.54) is 19.3 Å². The average molecular weight is 437 g/mol. The molecule has 1 fully saturated rings. The van der Waals surface area contributed by atoms with Crippen molar-refractivity contribution < 1.29 is 9.47 Å². The molecule has 0 saturated heterocycles. The zero-order valence-electron chi connectivity index (χ0n) is 18.8. The van der Waals surface area contributed by atoms with Gasteiger partial charge >= 0.3 is 0 Å². The van der Waals surface area contributed by atoms with Crippen LogP contribution in [0, 0.1) is 0 Å². The molecular formula is C24H32N6O2. The molecule has 1 unspecified atom stereocenters. The van der Waals surface area contributed by atoms with Crippen molar-refractivity contribution in [1.82, 2.24) is 25.5 Å². The zero-order valence-corrected chi connectivity index (χ0v) is 18.8. The van der Waals surface area contributed by atoms with Gasteiger partial charge in [-0.25, -0.2) is 4.68 Å². The highest BCUT2D eigenvalue weighted by molar-refractivity contribution is 5.45. The maximum absolute atomic E-state index is 5.83. The molecule has 4 rings (SSSR count). The Labute approximate surface area is 189 Å². The number of nitrogens with two attached hydrogens (primary N) is 1. The van der Waals surface area contributed by atoms with Gasteiger partial charge in [0.2, 0.25) is 0 Å². The van der Waals surface area contributed by atoms with Crippen molar-refractivity contribution in [2.24, 2.45) is 5.73 Å². The molecule has 3 N–H and O–H groups in total. The molecule has 8 nitrogen and oxygen atoms in total. The van der Waals surface area contributed by atoms with E-state index >= 15 is 0 Å². The second-order valence-electron chi connectivity index (χ2n) is 8.23. The van der Waals surface area contributed by atoms with Gasteiger partial charge in [-0.15, -0.1) is 5.10 Å². The van der Waals surface area contributed by atoms with Gasteiger partial charge in [0.15, 0.2) is 17.3 Å². The highest BCUT2D eigenvalue weighted by Crippen LogP contribution is 2.34. The molecule has 0 bridgehead atoms. The summed E-state index contributed by atoms with van der Waals surface area (Å²) in [7, 11) is 3.29. The van der Waals surface area contributed by atoms with Gasteiger partial charge in [-0.05, 0) is 52.1 Å². The highest BCUT2D eigenvalue weighted by Gasteiger charge is 2.27. The van der Waals surface area contributed by atoms with E-state index in [9.17, 15) is 0 Å². The Bertz CT molecular complexity index is 1020. The van der Waals surface area contributed by atoms with Crippen LogP contribution in [0.25, 0.3) is 0 Å². The van der Waals surface area contributed by atoms with Crippen molar-refractivity contribution in [3.05, 3.63) is 65.0 Å². The van der Waals surface area contributed by atoms with Crippen molar-refractivity contribution in [3.63, 3.8) is 0 Å². The van der Waals surface area contributed by atoms with Crippen molar-refractivity contribution in [2.45, 2.75) is 57.3 Å². The molecule has 1 atom stereocenters. The fourth-order valence-corrected chi connectivity index (χ4v) is 4.45. The molecule has 1 aliphatic rings. The molecule has 1 saturated carbocycles. The number of ether oxygens (including phenoxy) is 2. The van der Waals surface area contributed by atoms with Gasteiger partial charge in [0.25, 0.3) is 0 Å². The molecule has 8 heteroatoms. The Hall–Kier alpha value is -2.97. The summed E-state index contributed by atoms with van der Waals surface area (Å²) in [6.07, 6.45) is 5.92. The number of nitrogens with zero attached hydrogens (tertiary/aromatic N) is 4. The Balaban J connectivity index is 1.68. The van der Waals surface area contributed by atoms with E-state index in [1.807, 2.05) is 35.0 Å². The van der Waals surface area contributed by atoms with Crippen LogP contribution in [0.15, 0.2) is 42.5 Å². The maximum Gasteiger partial charge on any atom is 0.173 e. The largest absolute Gasteiger partial charge is 0.493 e. The molecule has 0 radical (unpaired) electrons. The lowest BCUT2D eigenvalue weighted by molar-refractivity contribution is 0.310. The quantitative estimate of drug-likeness (QED) is 0.529. The second-order valence-corrected chi connectivity index (χ2v) is 8.23. The Morgan fingerprint density at radius 3 is 2.56 bits per heavy atom. The standard InChI is InChI=1S/C24H32N6O2/c1-31-21-12-11-19(14-22(21)32-2)23(26-16-18-8-6-7-17(13-18)15-25)24-27-28-29-30(24)20-9-4-3-5-10-20/h6-8,11-14,20,23,26H,3-5,9-10,15-16,25H2,1-2H3. The summed E-state index contributed by atoms with van der Waals surface area (Å²) in [5, 5.41) is 16.6. The SMILES string of the molecule is COc1ccc(C(NCc2cccc(CN)c2)c2nnnn2C2CCCCC2)cc1OC. The van der Waals surface area contributed by atoms with E-state index in [0.717, 1.165) is 35.4 Å². The zero-order chi connectivity index (χ0) is 22.3. The third-order valence-corrected chi connectivity index (χ3v) is 6.18. The molecule has 0 amide bonds. The summed E-state index contributed by atoms with van der Waals surface area (Å²) in [5.41, 5.74) is 9.12. The first-order valence-electron chi connectivity index (χ1n) is 11.2. The molecule has 1 heterocycles. The Morgan fingerprint density at radius 2 is 1.81 bits per heavy atom. The van der Waals surface area contributed by atoms with Gasteiger partial charge in [0, 0.05) is 13.1 Å². The van der Waals surface area contributed by atoms with Crippen molar-refractivity contribution in [1.29, 1.82) is 0 Å². The lowest BCUT2D eigenvalue weighted by Crippen LogP contribution is -2.28. The van der Waals surface area contributed by atoms with Crippen molar-refractivity contribution in [3.8, 4) is 11.5 Å². The molecule has 1 aliphatic carbocycles. The maximum atomic E-state index is 5.83. The first-order valence-corrected chi connectivity index (χ1v) is 11.2. The molecule has 3 aromatic rings. The van der Waals surface area contributed by atoms with E-state index in [-0.39, 0.29) is 6.04 Å². The van der Waals surface area contributed by atoms with Crippen LogP contribution in [0.5, 0.6) is 11.5 Å². The number of methoxy groups -OCH3 is 2. The summed E-state index contributed by atoms with van der Waals surface area (Å²) in [5.74, 6) is 2.19. The van der Waals surface area contributed by atoms with Gasteiger partial charge < -0.3 is 15.2 Å². The third kappa shape index (κ3) is 4.92. The van der Waals surface area contributed by atoms with E-state index < -0.39 is 0 Å². The summed E-state index contributed by atoms with van der Waals surface area (Å²) >= 11 is 0. The number of rotatable bonds is 9. The Kier molecular flexibility index (Phi) is 7.34. The topological polar surface area (TPSA) is 100 Å². The third-order valence-electron chi connectivity index (χ3n) is 6.18. The first-order chi connectivity index (χ1) is 15.7. The molecule has 1 aromatic heterocycles. The minimum absolute atomic E-state index is 0.201. The number of hydrogen-bond acceptors (Lipinski definition) is 7. The lowest BCUT2D eigenvalue weighted by atomic mass is 9.95. The number of hydrogen-bond donors (Lipinski definition) is 2. The Morgan fingerprint density at radius 1 is 1.03 bits per heavy atom. The van der Waals surface area contributed by atoms with E-state index in [2.05, 4.69) is 33.0 Å². The fraction of sp³-hybridized carbons (Fsp3) is 0.458. The highest BCUT2D eigenvalue weighted by atomic mass is 16.5.